The zero-order valence-electron chi connectivity index (χ0n) is 20.7. The van der Waals surface area contributed by atoms with Crippen LogP contribution in [0, 0.1) is 12.8 Å². The second kappa shape index (κ2) is 11.2. The van der Waals surface area contributed by atoms with Crippen LogP contribution in [-0.2, 0) is 4.79 Å². The SMILES string of the molecule is CCCCOc1ccc(-c2nn(-c3ccccc3)cc2C=C2SC(=S)N(CC(C)C)C2=O)cc1C. The molecular weight excluding hydrogens is 474 g/mol. The largest absolute Gasteiger partial charge is 0.493 e. The van der Waals surface area contributed by atoms with E-state index < -0.39 is 0 Å². The van der Waals surface area contributed by atoms with Gasteiger partial charge in [0.2, 0.25) is 0 Å². The Balaban J connectivity index is 1.73. The molecule has 1 amide bonds. The van der Waals surface area contributed by atoms with Gasteiger partial charge in [0.25, 0.3) is 5.91 Å². The molecule has 1 aliphatic heterocycles. The van der Waals surface area contributed by atoms with Crippen molar-refractivity contribution in [3.05, 3.63) is 70.8 Å². The monoisotopic (exact) mass is 505 g/mol. The molecule has 5 nitrogen and oxygen atoms in total. The summed E-state index contributed by atoms with van der Waals surface area (Å²) in [5.74, 6) is 1.19. The van der Waals surface area contributed by atoms with Gasteiger partial charge in [0.15, 0.2) is 0 Å². The van der Waals surface area contributed by atoms with Crippen LogP contribution in [0.2, 0.25) is 0 Å². The molecule has 0 aliphatic carbocycles. The van der Waals surface area contributed by atoms with Crippen LogP contribution < -0.4 is 4.74 Å². The first kappa shape index (κ1) is 25.2. The molecule has 3 aromatic rings. The Kier molecular flexibility index (Phi) is 8.08. The molecule has 0 radical (unpaired) electrons. The number of carbonyl (C=O) groups excluding carboxylic acids is 1. The summed E-state index contributed by atoms with van der Waals surface area (Å²) in [5.41, 5.74) is 4.67. The highest BCUT2D eigenvalue weighted by atomic mass is 32.2. The number of hydrogen-bond acceptors (Lipinski definition) is 5. The van der Waals surface area contributed by atoms with Crippen molar-refractivity contribution in [2.75, 3.05) is 13.2 Å². The standard InChI is InChI=1S/C28H31N3O2S2/c1-5-6-14-33-24-13-12-21(15-20(24)4)26-22(18-31(29-26)23-10-8-7-9-11-23)16-25-27(32)30(17-19(2)3)28(34)35-25/h7-13,15-16,18-19H,5-6,14,17H2,1-4H3. The highest BCUT2D eigenvalue weighted by Crippen LogP contribution is 2.36. The number of para-hydroxylation sites is 1. The highest BCUT2D eigenvalue weighted by molar-refractivity contribution is 8.26. The maximum absolute atomic E-state index is 13.1. The molecule has 182 valence electrons. The van der Waals surface area contributed by atoms with E-state index in [1.54, 1.807) is 4.90 Å². The van der Waals surface area contributed by atoms with E-state index >= 15 is 0 Å². The van der Waals surface area contributed by atoms with Crippen LogP contribution in [0.1, 0.15) is 44.7 Å². The van der Waals surface area contributed by atoms with Gasteiger partial charge in [0.1, 0.15) is 15.8 Å². The highest BCUT2D eigenvalue weighted by Gasteiger charge is 2.32. The lowest BCUT2D eigenvalue weighted by Gasteiger charge is -2.16. The van der Waals surface area contributed by atoms with E-state index in [0.29, 0.717) is 28.3 Å². The van der Waals surface area contributed by atoms with E-state index in [-0.39, 0.29) is 5.91 Å². The minimum atomic E-state index is -0.0389. The second-order valence-corrected chi connectivity index (χ2v) is 10.8. The quantitative estimate of drug-likeness (QED) is 0.180. The van der Waals surface area contributed by atoms with Crippen molar-refractivity contribution in [3.8, 4) is 22.7 Å². The number of nitrogens with zero attached hydrogens (tertiary/aromatic N) is 3. The second-order valence-electron chi connectivity index (χ2n) is 9.08. The molecule has 4 rings (SSSR count). The number of rotatable bonds is 9. The van der Waals surface area contributed by atoms with E-state index in [9.17, 15) is 4.79 Å². The first-order valence-corrected chi connectivity index (χ1v) is 13.2. The predicted molar refractivity (Wildman–Crippen MR) is 149 cm³/mol. The summed E-state index contributed by atoms with van der Waals surface area (Å²) in [6.07, 6.45) is 6.02. The van der Waals surface area contributed by atoms with Crippen LogP contribution in [0.3, 0.4) is 0 Å². The topological polar surface area (TPSA) is 47.4 Å². The Morgan fingerprint density at radius 3 is 2.63 bits per heavy atom. The van der Waals surface area contributed by atoms with Crippen LogP contribution >= 0.6 is 24.0 Å². The first-order chi connectivity index (χ1) is 16.9. The van der Waals surface area contributed by atoms with Gasteiger partial charge in [-0.25, -0.2) is 4.68 Å². The first-order valence-electron chi connectivity index (χ1n) is 12.0. The minimum absolute atomic E-state index is 0.0389. The van der Waals surface area contributed by atoms with Gasteiger partial charge < -0.3 is 4.74 Å². The number of amides is 1. The lowest BCUT2D eigenvalue weighted by Crippen LogP contribution is -2.31. The number of aryl methyl sites for hydroxylation is 1. The third-order valence-electron chi connectivity index (χ3n) is 5.68. The van der Waals surface area contributed by atoms with Gasteiger partial charge in [0.05, 0.1) is 17.2 Å². The van der Waals surface area contributed by atoms with E-state index in [0.717, 1.165) is 46.7 Å². The number of thioether (sulfide) groups is 1. The van der Waals surface area contributed by atoms with Gasteiger partial charge in [0, 0.05) is 23.9 Å². The van der Waals surface area contributed by atoms with E-state index in [1.807, 2.05) is 59.4 Å². The number of benzene rings is 2. The zero-order chi connectivity index (χ0) is 24.9. The predicted octanol–water partition coefficient (Wildman–Crippen LogP) is 6.88. The van der Waals surface area contributed by atoms with Crippen molar-refractivity contribution in [1.29, 1.82) is 0 Å². The van der Waals surface area contributed by atoms with Crippen LogP contribution in [0.5, 0.6) is 5.75 Å². The van der Waals surface area contributed by atoms with Crippen molar-refractivity contribution in [2.45, 2.75) is 40.5 Å². The molecule has 0 saturated carbocycles. The summed E-state index contributed by atoms with van der Waals surface area (Å²) >= 11 is 6.86. The maximum Gasteiger partial charge on any atom is 0.266 e. The Morgan fingerprint density at radius 1 is 1.17 bits per heavy atom. The van der Waals surface area contributed by atoms with Crippen molar-refractivity contribution in [2.24, 2.45) is 5.92 Å². The fraction of sp³-hybridized carbons (Fsp3) is 0.321. The third-order valence-corrected chi connectivity index (χ3v) is 7.05. The van der Waals surface area contributed by atoms with Crippen molar-refractivity contribution >= 4 is 40.3 Å². The molecule has 0 bridgehead atoms. The molecule has 0 unspecified atom stereocenters. The van der Waals surface area contributed by atoms with E-state index in [2.05, 4.69) is 33.8 Å². The molecule has 2 aromatic carbocycles. The summed E-state index contributed by atoms with van der Waals surface area (Å²) < 4.78 is 8.41. The average Bonchev–Trinajstić information content (AvgIpc) is 3.37. The molecule has 0 N–H and O–H groups in total. The van der Waals surface area contributed by atoms with Crippen LogP contribution in [-0.4, -0.2) is 38.1 Å². The maximum atomic E-state index is 13.1. The molecule has 1 fully saturated rings. The van der Waals surface area contributed by atoms with Gasteiger partial charge in [-0.2, -0.15) is 5.10 Å². The average molecular weight is 506 g/mol. The molecule has 0 atom stereocenters. The number of thiocarbonyl (C=S) groups is 1. The Bertz CT molecular complexity index is 1250. The van der Waals surface area contributed by atoms with Crippen LogP contribution in [0.4, 0.5) is 0 Å². The molecule has 0 spiro atoms. The molecule has 1 aromatic heterocycles. The fourth-order valence-electron chi connectivity index (χ4n) is 3.88. The van der Waals surface area contributed by atoms with Gasteiger partial charge >= 0.3 is 0 Å². The van der Waals surface area contributed by atoms with Crippen molar-refractivity contribution in [1.82, 2.24) is 14.7 Å². The Hall–Kier alpha value is -2.90. The number of aromatic nitrogens is 2. The van der Waals surface area contributed by atoms with Crippen LogP contribution in [0.15, 0.2) is 59.6 Å². The van der Waals surface area contributed by atoms with Crippen molar-refractivity contribution in [3.63, 3.8) is 0 Å². The molecule has 35 heavy (non-hydrogen) atoms. The molecular formula is C28H31N3O2S2. The van der Waals surface area contributed by atoms with Crippen LogP contribution in [0.25, 0.3) is 23.0 Å². The smallest absolute Gasteiger partial charge is 0.266 e. The number of carbonyl (C=O) groups is 1. The summed E-state index contributed by atoms with van der Waals surface area (Å²) in [7, 11) is 0. The normalized spacial score (nSPS) is 15.0. The number of unbranched alkanes of at least 4 members (excludes halogenated alkanes) is 1. The van der Waals surface area contributed by atoms with Gasteiger partial charge in [-0.05, 0) is 61.2 Å². The summed E-state index contributed by atoms with van der Waals surface area (Å²) in [6, 6.07) is 16.1. The summed E-state index contributed by atoms with van der Waals surface area (Å²) in [6.45, 7) is 9.71. The Labute approximate surface area is 217 Å². The van der Waals surface area contributed by atoms with Gasteiger partial charge in [-0.15, -0.1) is 0 Å². The van der Waals surface area contributed by atoms with E-state index in [4.69, 9.17) is 22.1 Å². The Morgan fingerprint density at radius 2 is 1.94 bits per heavy atom. The lowest BCUT2D eigenvalue weighted by molar-refractivity contribution is -0.122. The summed E-state index contributed by atoms with van der Waals surface area (Å²) in [4.78, 5) is 15.4. The third kappa shape index (κ3) is 5.85. The minimum Gasteiger partial charge on any atom is -0.493 e. The number of ether oxygens (including phenoxy) is 1. The lowest BCUT2D eigenvalue weighted by atomic mass is 10.0. The summed E-state index contributed by atoms with van der Waals surface area (Å²) in [5, 5.41) is 4.91. The molecule has 1 saturated heterocycles. The molecule has 2 heterocycles. The number of hydrogen-bond donors (Lipinski definition) is 0. The van der Waals surface area contributed by atoms with Gasteiger partial charge in [-0.3, -0.25) is 9.69 Å². The van der Waals surface area contributed by atoms with E-state index in [1.165, 1.54) is 11.8 Å². The molecule has 1 aliphatic rings. The van der Waals surface area contributed by atoms with Gasteiger partial charge in [-0.1, -0.05) is 69.4 Å². The zero-order valence-corrected chi connectivity index (χ0v) is 22.3. The fourth-order valence-corrected chi connectivity index (χ4v) is 5.15. The van der Waals surface area contributed by atoms with Crippen molar-refractivity contribution < 1.29 is 9.53 Å². The molecule has 7 heteroatoms.